The number of unbranched alkanes of at least 4 members (excludes halogenated alkanes) is 1. The van der Waals surface area contributed by atoms with Gasteiger partial charge in [0.1, 0.15) is 0 Å². The number of hydrogen-bond donors (Lipinski definition) is 1. The van der Waals surface area contributed by atoms with Crippen molar-refractivity contribution in [3.8, 4) is 0 Å². The van der Waals surface area contributed by atoms with Gasteiger partial charge in [-0.3, -0.25) is 0 Å². The van der Waals surface area contributed by atoms with Crippen LogP contribution in [-0.2, 0) is 0 Å². The van der Waals surface area contributed by atoms with Gasteiger partial charge < -0.3 is 5.32 Å². The maximum atomic E-state index is 3.70. The maximum absolute atomic E-state index is 3.70. The van der Waals surface area contributed by atoms with E-state index in [4.69, 9.17) is 0 Å². The molecule has 0 saturated carbocycles. The molecule has 0 aliphatic carbocycles. The summed E-state index contributed by atoms with van der Waals surface area (Å²) >= 11 is 5.53. The second kappa shape index (κ2) is 8.28. The van der Waals surface area contributed by atoms with E-state index in [1.807, 2.05) is 11.3 Å². The first kappa shape index (κ1) is 15.2. The summed E-state index contributed by atoms with van der Waals surface area (Å²) < 4.78 is 1.26. The molecule has 1 aromatic rings. The first-order valence-corrected chi connectivity index (χ1v) is 8.34. The fourth-order valence-electron chi connectivity index (χ4n) is 2.07. The molecule has 0 aliphatic rings. The highest BCUT2D eigenvalue weighted by Crippen LogP contribution is 2.35. The molecule has 0 saturated heterocycles. The Morgan fingerprint density at radius 2 is 2.12 bits per heavy atom. The smallest absolute Gasteiger partial charge is 0.0452 e. The van der Waals surface area contributed by atoms with E-state index < -0.39 is 0 Å². The summed E-state index contributed by atoms with van der Waals surface area (Å²) in [5.41, 5.74) is 0. The third-order valence-corrected chi connectivity index (χ3v) is 5.08. The van der Waals surface area contributed by atoms with Crippen LogP contribution >= 0.6 is 27.3 Å². The predicted molar refractivity (Wildman–Crippen MR) is 81.7 cm³/mol. The monoisotopic (exact) mass is 317 g/mol. The number of thiophene rings is 1. The molecule has 1 N–H and O–H groups in total. The molecule has 2 unspecified atom stereocenters. The molecule has 0 spiro atoms. The Bertz CT molecular complexity index is 311. The fourth-order valence-corrected chi connectivity index (χ4v) is 3.90. The van der Waals surface area contributed by atoms with E-state index in [-0.39, 0.29) is 0 Å². The summed E-state index contributed by atoms with van der Waals surface area (Å²) in [6.45, 7) is 7.97. The van der Waals surface area contributed by atoms with Gasteiger partial charge in [0, 0.05) is 15.4 Å². The summed E-state index contributed by atoms with van der Waals surface area (Å²) in [6.07, 6.45) is 5.12. The molecular formula is C14H24BrNS. The fraction of sp³-hybridized carbons (Fsp3) is 0.714. The van der Waals surface area contributed by atoms with Crippen LogP contribution in [0.4, 0.5) is 0 Å². The lowest BCUT2D eigenvalue weighted by atomic mass is 9.94. The number of halogens is 1. The number of nitrogens with one attached hydrogen (secondary N) is 1. The van der Waals surface area contributed by atoms with Crippen LogP contribution in [0.1, 0.15) is 57.4 Å². The van der Waals surface area contributed by atoms with E-state index in [0.29, 0.717) is 12.0 Å². The Labute approximate surface area is 118 Å². The van der Waals surface area contributed by atoms with Gasteiger partial charge in [-0.2, -0.15) is 0 Å². The predicted octanol–water partition coefficient (Wildman–Crippen LogP) is 5.38. The summed E-state index contributed by atoms with van der Waals surface area (Å²) in [6, 6.07) is 2.67. The van der Waals surface area contributed by atoms with Gasteiger partial charge in [-0.25, -0.2) is 0 Å². The van der Waals surface area contributed by atoms with E-state index in [9.17, 15) is 0 Å². The minimum absolute atomic E-state index is 0.510. The van der Waals surface area contributed by atoms with Crippen LogP contribution in [0.2, 0.25) is 0 Å². The maximum Gasteiger partial charge on any atom is 0.0452 e. The van der Waals surface area contributed by atoms with Gasteiger partial charge in [-0.15, -0.1) is 11.3 Å². The standard InChI is InChI=1S/C14H24BrNS/c1-4-6-7-11(3)13(16-9-5-2)14-12(15)8-10-17-14/h8,10-11,13,16H,4-7,9H2,1-3H3. The Hall–Kier alpha value is 0.140. The molecule has 0 amide bonds. The minimum atomic E-state index is 0.510. The average Bonchev–Trinajstić information content (AvgIpc) is 2.73. The summed E-state index contributed by atoms with van der Waals surface area (Å²) in [5.74, 6) is 0.705. The molecule has 2 atom stereocenters. The van der Waals surface area contributed by atoms with Crippen molar-refractivity contribution in [1.82, 2.24) is 5.32 Å². The lowest BCUT2D eigenvalue weighted by Crippen LogP contribution is -2.27. The molecule has 1 aromatic heterocycles. The molecule has 1 nitrogen and oxygen atoms in total. The summed E-state index contributed by atoms with van der Waals surface area (Å²) in [7, 11) is 0. The van der Waals surface area contributed by atoms with Crippen LogP contribution in [0.25, 0.3) is 0 Å². The lowest BCUT2D eigenvalue weighted by molar-refractivity contribution is 0.361. The zero-order valence-corrected chi connectivity index (χ0v) is 13.5. The summed E-state index contributed by atoms with van der Waals surface area (Å²) in [5, 5.41) is 5.87. The van der Waals surface area contributed by atoms with Crippen molar-refractivity contribution >= 4 is 27.3 Å². The lowest BCUT2D eigenvalue weighted by Gasteiger charge is -2.25. The van der Waals surface area contributed by atoms with Crippen molar-refractivity contribution in [2.75, 3.05) is 6.54 Å². The van der Waals surface area contributed by atoms with E-state index in [1.54, 1.807) is 0 Å². The Kier molecular flexibility index (Phi) is 7.40. The molecule has 0 aromatic carbocycles. The molecule has 0 bridgehead atoms. The second-order valence-corrected chi connectivity index (χ2v) is 6.49. The van der Waals surface area contributed by atoms with Crippen molar-refractivity contribution < 1.29 is 0 Å². The van der Waals surface area contributed by atoms with Gasteiger partial charge >= 0.3 is 0 Å². The topological polar surface area (TPSA) is 12.0 Å². The van der Waals surface area contributed by atoms with Gasteiger partial charge in [0.2, 0.25) is 0 Å². The van der Waals surface area contributed by atoms with Crippen LogP contribution in [0.15, 0.2) is 15.9 Å². The van der Waals surface area contributed by atoms with Crippen LogP contribution < -0.4 is 5.32 Å². The highest BCUT2D eigenvalue weighted by Gasteiger charge is 2.21. The van der Waals surface area contributed by atoms with Crippen molar-refractivity contribution in [3.63, 3.8) is 0 Å². The third-order valence-electron chi connectivity index (χ3n) is 3.12. The highest BCUT2D eigenvalue weighted by molar-refractivity contribution is 9.10. The van der Waals surface area contributed by atoms with Gasteiger partial charge in [0.05, 0.1) is 0 Å². The van der Waals surface area contributed by atoms with E-state index in [0.717, 1.165) is 6.54 Å². The Balaban J connectivity index is 2.69. The molecule has 0 radical (unpaired) electrons. The zero-order valence-electron chi connectivity index (χ0n) is 11.1. The van der Waals surface area contributed by atoms with E-state index in [2.05, 4.69) is 53.5 Å². The first-order valence-electron chi connectivity index (χ1n) is 6.66. The minimum Gasteiger partial charge on any atom is -0.309 e. The second-order valence-electron chi connectivity index (χ2n) is 4.68. The van der Waals surface area contributed by atoms with Crippen LogP contribution in [0.3, 0.4) is 0 Å². The molecule has 17 heavy (non-hydrogen) atoms. The molecular weight excluding hydrogens is 294 g/mol. The Morgan fingerprint density at radius 1 is 1.35 bits per heavy atom. The van der Waals surface area contributed by atoms with Gasteiger partial charge in [-0.05, 0) is 52.7 Å². The largest absolute Gasteiger partial charge is 0.309 e. The van der Waals surface area contributed by atoms with Crippen molar-refractivity contribution in [3.05, 3.63) is 20.8 Å². The van der Waals surface area contributed by atoms with E-state index in [1.165, 1.54) is 35.0 Å². The van der Waals surface area contributed by atoms with Gasteiger partial charge in [0.15, 0.2) is 0 Å². The number of hydrogen-bond acceptors (Lipinski definition) is 2. The number of rotatable bonds is 8. The molecule has 1 heterocycles. The van der Waals surface area contributed by atoms with Crippen molar-refractivity contribution in [1.29, 1.82) is 0 Å². The molecule has 3 heteroatoms. The normalized spacial score (nSPS) is 14.8. The molecule has 98 valence electrons. The molecule has 0 fully saturated rings. The third kappa shape index (κ3) is 4.72. The van der Waals surface area contributed by atoms with E-state index >= 15 is 0 Å². The summed E-state index contributed by atoms with van der Waals surface area (Å²) in [4.78, 5) is 1.46. The van der Waals surface area contributed by atoms with Crippen molar-refractivity contribution in [2.45, 2.75) is 52.5 Å². The van der Waals surface area contributed by atoms with Crippen molar-refractivity contribution in [2.24, 2.45) is 5.92 Å². The first-order chi connectivity index (χ1) is 8.20. The zero-order chi connectivity index (χ0) is 12.7. The van der Waals surface area contributed by atoms with Gasteiger partial charge in [-0.1, -0.05) is 33.6 Å². The highest BCUT2D eigenvalue weighted by atomic mass is 79.9. The van der Waals surface area contributed by atoms with Gasteiger partial charge in [0.25, 0.3) is 0 Å². The Morgan fingerprint density at radius 3 is 2.65 bits per heavy atom. The molecule has 1 rings (SSSR count). The van der Waals surface area contributed by atoms with Crippen LogP contribution in [-0.4, -0.2) is 6.54 Å². The van der Waals surface area contributed by atoms with Crippen LogP contribution in [0, 0.1) is 5.92 Å². The van der Waals surface area contributed by atoms with Crippen LogP contribution in [0.5, 0.6) is 0 Å². The average molecular weight is 318 g/mol. The SMILES string of the molecule is CCCCC(C)C(NCCC)c1sccc1Br. The molecule has 0 aliphatic heterocycles. The quantitative estimate of drug-likeness (QED) is 0.679.